The summed E-state index contributed by atoms with van der Waals surface area (Å²) >= 11 is 13.3. The van der Waals surface area contributed by atoms with Crippen LogP contribution in [0.3, 0.4) is 0 Å². The zero-order valence-corrected chi connectivity index (χ0v) is 21.4. The zero-order valence-electron chi connectivity index (χ0n) is 19.1. The average Bonchev–Trinajstić information content (AvgIpc) is 3.16. The van der Waals surface area contributed by atoms with E-state index < -0.39 is 12.0 Å². The van der Waals surface area contributed by atoms with E-state index in [1.807, 2.05) is 13.8 Å². The molecular formula is C23H23Cl2N5O4S. The average molecular weight is 536 g/mol. The molecule has 1 atom stereocenters. The van der Waals surface area contributed by atoms with Crippen LogP contribution in [0.1, 0.15) is 46.4 Å². The first-order valence-corrected chi connectivity index (χ1v) is 12.2. The number of carboxylic acids is 1. The van der Waals surface area contributed by atoms with Crippen LogP contribution in [0.5, 0.6) is 0 Å². The van der Waals surface area contributed by atoms with Crippen LogP contribution in [0.2, 0.25) is 10.0 Å². The quantitative estimate of drug-likeness (QED) is 0.339. The van der Waals surface area contributed by atoms with Gasteiger partial charge in [0, 0.05) is 17.8 Å². The minimum absolute atomic E-state index is 0.0113. The van der Waals surface area contributed by atoms with Crippen molar-refractivity contribution in [1.29, 1.82) is 0 Å². The Labute approximate surface area is 216 Å². The van der Waals surface area contributed by atoms with Gasteiger partial charge < -0.3 is 20.3 Å². The highest BCUT2D eigenvalue weighted by molar-refractivity contribution is 7.99. The lowest BCUT2D eigenvalue weighted by Crippen LogP contribution is -2.33. The van der Waals surface area contributed by atoms with Crippen LogP contribution < -0.4 is 10.6 Å². The summed E-state index contributed by atoms with van der Waals surface area (Å²) in [6.45, 7) is 3.89. The molecule has 3 rings (SSSR count). The molecule has 0 fully saturated rings. The van der Waals surface area contributed by atoms with E-state index in [1.54, 1.807) is 23.7 Å². The number of aromatic nitrogens is 3. The lowest BCUT2D eigenvalue weighted by Gasteiger charge is -2.22. The fraction of sp³-hybridized carbons (Fsp3) is 0.261. The zero-order chi connectivity index (χ0) is 25.7. The lowest BCUT2D eigenvalue weighted by atomic mass is 10.0. The number of carboxylic acid groups (broad SMARTS) is 1. The maximum absolute atomic E-state index is 12.8. The molecule has 0 radical (unpaired) electrons. The fourth-order valence-electron chi connectivity index (χ4n) is 3.17. The van der Waals surface area contributed by atoms with E-state index in [2.05, 4.69) is 20.8 Å². The van der Waals surface area contributed by atoms with Gasteiger partial charge in [-0.05, 0) is 48.4 Å². The van der Waals surface area contributed by atoms with Gasteiger partial charge >= 0.3 is 5.97 Å². The standard InChI is InChI=1S/C23H23Cl2N5O4S/c1-12(2)19(27-21(32)16-9-6-14(24)10-17(16)25)20-28-29-23(30(20)3)35-11-18(31)26-15-7-4-13(5-8-15)22(33)34/h4-10,12,19H,11H2,1-3H3,(H,26,31)(H,27,32)(H,33,34)/t19-/m0/s1. The highest BCUT2D eigenvalue weighted by Gasteiger charge is 2.26. The van der Waals surface area contributed by atoms with Gasteiger partial charge in [0.15, 0.2) is 11.0 Å². The van der Waals surface area contributed by atoms with Crippen molar-refractivity contribution in [2.24, 2.45) is 13.0 Å². The topological polar surface area (TPSA) is 126 Å². The molecule has 0 spiro atoms. The van der Waals surface area contributed by atoms with Gasteiger partial charge in [-0.1, -0.05) is 48.8 Å². The van der Waals surface area contributed by atoms with Crippen LogP contribution in [0.4, 0.5) is 5.69 Å². The van der Waals surface area contributed by atoms with Crippen LogP contribution >= 0.6 is 35.0 Å². The molecule has 9 nitrogen and oxygen atoms in total. The molecule has 3 N–H and O–H groups in total. The van der Waals surface area contributed by atoms with Gasteiger partial charge in [0.05, 0.1) is 27.9 Å². The predicted octanol–water partition coefficient (Wildman–Crippen LogP) is 4.68. The number of aromatic carboxylic acids is 1. The third-order valence-corrected chi connectivity index (χ3v) is 6.59. The Hall–Kier alpha value is -3.08. The van der Waals surface area contributed by atoms with E-state index in [9.17, 15) is 14.4 Å². The summed E-state index contributed by atoms with van der Waals surface area (Å²) in [6.07, 6.45) is 0. The van der Waals surface area contributed by atoms with Gasteiger partial charge in [0.1, 0.15) is 0 Å². The molecule has 35 heavy (non-hydrogen) atoms. The number of hydrogen-bond donors (Lipinski definition) is 3. The third-order valence-electron chi connectivity index (χ3n) is 5.02. The molecule has 12 heteroatoms. The molecule has 1 aromatic heterocycles. The number of amides is 2. The maximum Gasteiger partial charge on any atom is 0.335 e. The largest absolute Gasteiger partial charge is 0.478 e. The second kappa shape index (κ2) is 11.6. The normalized spacial score (nSPS) is 11.8. The number of carbonyl (C=O) groups is 3. The monoisotopic (exact) mass is 535 g/mol. The third kappa shape index (κ3) is 6.74. The number of rotatable bonds is 9. The van der Waals surface area contributed by atoms with Gasteiger partial charge in [-0.25, -0.2) is 4.79 Å². The number of thioether (sulfide) groups is 1. The van der Waals surface area contributed by atoms with Crippen LogP contribution in [-0.2, 0) is 11.8 Å². The molecule has 184 valence electrons. The van der Waals surface area contributed by atoms with Crippen molar-refractivity contribution < 1.29 is 19.5 Å². The summed E-state index contributed by atoms with van der Waals surface area (Å²) in [5, 5.41) is 24.2. The maximum atomic E-state index is 12.8. The summed E-state index contributed by atoms with van der Waals surface area (Å²) in [5.41, 5.74) is 0.920. The molecule has 3 aromatic rings. The number of nitrogens with zero attached hydrogens (tertiary/aromatic N) is 3. The summed E-state index contributed by atoms with van der Waals surface area (Å²) in [4.78, 5) is 36.1. The minimum atomic E-state index is -1.04. The van der Waals surface area contributed by atoms with Crippen molar-refractivity contribution in [3.8, 4) is 0 Å². The molecule has 2 aromatic carbocycles. The van der Waals surface area contributed by atoms with Crippen LogP contribution in [0.15, 0.2) is 47.6 Å². The van der Waals surface area contributed by atoms with Crippen LogP contribution in [0.25, 0.3) is 0 Å². The first-order chi connectivity index (χ1) is 16.6. The highest BCUT2D eigenvalue weighted by atomic mass is 35.5. The summed E-state index contributed by atoms with van der Waals surface area (Å²) in [5.74, 6) is -1.10. The number of hydrogen-bond acceptors (Lipinski definition) is 6. The Morgan fingerprint density at radius 1 is 1.09 bits per heavy atom. The van der Waals surface area contributed by atoms with E-state index in [1.165, 1.54) is 42.1 Å². The van der Waals surface area contributed by atoms with Gasteiger partial charge in [-0.2, -0.15) is 0 Å². The van der Waals surface area contributed by atoms with Crippen molar-refractivity contribution in [2.45, 2.75) is 25.0 Å². The number of halogens is 2. The Bertz CT molecular complexity index is 1250. The molecule has 0 bridgehead atoms. The fourth-order valence-corrected chi connectivity index (χ4v) is 4.38. The van der Waals surface area contributed by atoms with Crippen molar-refractivity contribution in [3.05, 3.63) is 69.5 Å². The first kappa shape index (κ1) is 26.5. The Morgan fingerprint density at radius 2 is 1.77 bits per heavy atom. The number of benzene rings is 2. The SMILES string of the molecule is CC(C)[C@H](NC(=O)c1ccc(Cl)cc1Cl)c1nnc(SCC(=O)Nc2ccc(C(=O)O)cc2)n1C. The van der Waals surface area contributed by atoms with Gasteiger partial charge in [-0.3, -0.25) is 9.59 Å². The molecule has 0 saturated carbocycles. The van der Waals surface area contributed by atoms with Crippen LogP contribution in [-0.4, -0.2) is 43.4 Å². The van der Waals surface area contributed by atoms with E-state index >= 15 is 0 Å². The molecular weight excluding hydrogens is 513 g/mol. The lowest BCUT2D eigenvalue weighted by molar-refractivity contribution is -0.113. The molecule has 2 amide bonds. The van der Waals surface area contributed by atoms with Crippen LogP contribution in [0, 0.1) is 5.92 Å². The number of anilines is 1. The summed E-state index contributed by atoms with van der Waals surface area (Å²) < 4.78 is 1.73. The molecule has 0 saturated heterocycles. The molecule has 0 aliphatic heterocycles. The van der Waals surface area contributed by atoms with Gasteiger partial charge in [-0.15, -0.1) is 10.2 Å². The Morgan fingerprint density at radius 3 is 2.37 bits per heavy atom. The van der Waals surface area contributed by atoms with Gasteiger partial charge in [0.25, 0.3) is 5.91 Å². The number of carbonyl (C=O) groups excluding carboxylic acids is 2. The smallest absolute Gasteiger partial charge is 0.335 e. The first-order valence-electron chi connectivity index (χ1n) is 10.5. The van der Waals surface area contributed by atoms with Crippen molar-refractivity contribution >= 4 is 58.4 Å². The van der Waals surface area contributed by atoms with Crippen molar-refractivity contribution in [3.63, 3.8) is 0 Å². The molecule has 0 aliphatic rings. The van der Waals surface area contributed by atoms with E-state index in [4.69, 9.17) is 28.3 Å². The molecule has 0 unspecified atom stereocenters. The van der Waals surface area contributed by atoms with Crippen molar-refractivity contribution in [1.82, 2.24) is 20.1 Å². The van der Waals surface area contributed by atoms with E-state index in [0.717, 1.165) is 0 Å². The van der Waals surface area contributed by atoms with E-state index in [-0.39, 0.29) is 34.1 Å². The second-order valence-electron chi connectivity index (χ2n) is 7.94. The number of nitrogens with one attached hydrogen (secondary N) is 2. The Balaban J connectivity index is 1.66. The van der Waals surface area contributed by atoms with E-state index in [0.29, 0.717) is 27.3 Å². The molecule has 0 aliphatic carbocycles. The highest BCUT2D eigenvalue weighted by Crippen LogP contribution is 2.26. The minimum Gasteiger partial charge on any atom is -0.478 e. The van der Waals surface area contributed by atoms with Gasteiger partial charge in [0.2, 0.25) is 5.91 Å². The second-order valence-corrected chi connectivity index (χ2v) is 9.72. The molecule has 1 heterocycles. The Kier molecular flexibility index (Phi) is 8.76. The summed E-state index contributed by atoms with van der Waals surface area (Å²) in [6, 6.07) is 10.1. The van der Waals surface area contributed by atoms with Crippen molar-refractivity contribution in [2.75, 3.05) is 11.1 Å². The summed E-state index contributed by atoms with van der Waals surface area (Å²) in [7, 11) is 1.76. The predicted molar refractivity (Wildman–Crippen MR) is 135 cm³/mol.